The standard InChI is InChI=1S/C10H13N3O2/c14-7-3-6-11-15-10-8-4-1-2-5-9(8)12-13-10/h1-2,4-5,11,14H,3,6-7H2,(H,12,13). The number of H-pyrrole nitrogens is 1. The number of hydroxylamine groups is 1. The zero-order chi connectivity index (χ0) is 10.5. The van der Waals surface area contributed by atoms with Crippen LogP contribution in [0.2, 0.25) is 0 Å². The molecule has 5 nitrogen and oxygen atoms in total. The maximum atomic E-state index is 8.58. The second-order valence-electron chi connectivity index (χ2n) is 3.15. The Hall–Kier alpha value is -1.59. The molecule has 0 saturated heterocycles. The molecule has 0 saturated carbocycles. The highest BCUT2D eigenvalue weighted by Gasteiger charge is 2.04. The molecule has 2 rings (SSSR count). The Balaban J connectivity index is 2.02. The van der Waals surface area contributed by atoms with Crippen molar-refractivity contribution in [3.63, 3.8) is 0 Å². The second kappa shape index (κ2) is 4.77. The van der Waals surface area contributed by atoms with E-state index in [0.717, 1.165) is 10.9 Å². The van der Waals surface area contributed by atoms with Crippen LogP contribution in [0.3, 0.4) is 0 Å². The summed E-state index contributed by atoms with van der Waals surface area (Å²) in [5.74, 6) is 0.531. The fourth-order valence-electron chi connectivity index (χ4n) is 1.29. The van der Waals surface area contributed by atoms with E-state index in [4.69, 9.17) is 9.94 Å². The van der Waals surface area contributed by atoms with Crippen molar-refractivity contribution in [1.82, 2.24) is 15.7 Å². The van der Waals surface area contributed by atoms with Gasteiger partial charge < -0.3 is 9.94 Å². The number of para-hydroxylation sites is 1. The molecule has 0 aliphatic rings. The Kier molecular flexibility index (Phi) is 3.16. The Morgan fingerprint density at radius 2 is 2.27 bits per heavy atom. The van der Waals surface area contributed by atoms with Gasteiger partial charge in [-0.2, -0.15) is 5.48 Å². The summed E-state index contributed by atoms with van der Waals surface area (Å²) in [5.41, 5.74) is 3.68. The van der Waals surface area contributed by atoms with Crippen molar-refractivity contribution in [2.45, 2.75) is 6.42 Å². The molecule has 1 aromatic carbocycles. The first-order valence-electron chi connectivity index (χ1n) is 4.85. The van der Waals surface area contributed by atoms with Crippen molar-refractivity contribution in [3.05, 3.63) is 24.3 Å². The average Bonchev–Trinajstić information content (AvgIpc) is 2.68. The van der Waals surface area contributed by atoms with Gasteiger partial charge in [0.15, 0.2) is 0 Å². The third kappa shape index (κ3) is 2.26. The van der Waals surface area contributed by atoms with Crippen molar-refractivity contribution < 1.29 is 9.94 Å². The van der Waals surface area contributed by atoms with Gasteiger partial charge in [-0.25, -0.2) is 0 Å². The number of hydrogen-bond donors (Lipinski definition) is 3. The van der Waals surface area contributed by atoms with Gasteiger partial charge in [-0.05, 0) is 18.6 Å². The molecule has 15 heavy (non-hydrogen) atoms. The van der Waals surface area contributed by atoms with Crippen LogP contribution in [0.4, 0.5) is 0 Å². The minimum Gasteiger partial charge on any atom is -0.396 e. The van der Waals surface area contributed by atoms with Gasteiger partial charge in [-0.1, -0.05) is 12.1 Å². The summed E-state index contributed by atoms with van der Waals surface area (Å²) < 4.78 is 0. The van der Waals surface area contributed by atoms with E-state index in [-0.39, 0.29) is 6.61 Å². The molecule has 0 fully saturated rings. The van der Waals surface area contributed by atoms with Crippen LogP contribution in [0.25, 0.3) is 10.9 Å². The molecule has 0 atom stereocenters. The fraction of sp³-hybridized carbons (Fsp3) is 0.300. The van der Waals surface area contributed by atoms with Gasteiger partial charge in [0.05, 0.1) is 10.9 Å². The lowest BCUT2D eigenvalue weighted by Crippen LogP contribution is -2.20. The van der Waals surface area contributed by atoms with Crippen molar-refractivity contribution in [2.75, 3.05) is 13.2 Å². The summed E-state index contributed by atoms with van der Waals surface area (Å²) in [6, 6.07) is 7.73. The quantitative estimate of drug-likeness (QED) is 0.501. The number of aliphatic hydroxyl groups excluding tert-OH is 1. The lowest BCUT2D eigenvalue weighted by atomic mass is 10.2. The van der Waals surface area contributed by atoms with Crippen LogP contribution in [0.5, 0.6) is 5.88 Å². The number of benzene rings is 1. The van der Waals surface area contributed by atoms with Crippen LogP contribution in [0, 0.1) is 0 Å². The van der Waals surface area contributed by atoms with Crippen LogP contribution in [-0.2, 0) is 0 Å². The largest absolute Gasteiger partial charge is 0.396 e. The minimum absolute atomic E-state index is 0.150. The second-order valence-corrected chi connectivity index (χ2v) is 3.15. The molecule has 5 heteroatoms. The fourth-order valence-corrected chi connectivity index (χ4v) is 1.29. The third-order valence-electron chi connectivity index (χ3n) is 2.04. The molecule has 3 N–H and O–H groups in total. The molecule has 0 amide bonds. The molecule has 0 radical (unpaired) electrons. The number of aromatic nitrogens is 2. The van der Waals surface area contributed by atoms with E-state index < -0.39 is 0 Å². The normalized spacial score (nSPS) is 10.7. The molecule has 0 aliphatic carbocycles. The van der Waals surface area contributed by atoms with Crippen molar-refractivity contribution >= 4 is 10.9 Å². The van der Waals surface area contributed by atoms with E-state index in [1.807, 2.05) is 24.3 Å². The molecule has 1 heterocycles. The number of nitrogens with zero attached hydrogens (tertiary/aromatic N) is 1. The zero-order valence-electron chi connectivity index (χ0n) is 8.23. The van der Waals surface area contributed by atoms with Gasteiger partial charge in [0.25, 0.3) is 5.88 Å². The van der Waals surface area contributed by atoms with Gasteiger partial charge in [0, 0.05) is 13.2 Å². The molecule has 0 aliphatic heterocycles. The number of nitrogens with one attached hydrogen (secondary N) is 2. The van der Waals surface area contributed by atoms with Gasteiger partial charge in [-0.3, -0.25) is 5.10 Å². The minimum atomic E-state index is 0.150. The highest BCUT2D eigenvalue weighted by Crippen LogP contribution is 2.20. The van der Waals surface area contributed by atoms with E-state index in [2.05, 4.69) is 15.7 Å². The van der Waals surface area contributed by atoms with E-state index in [9.17, 15) is 0 Å². The van der Waals surface area contributed by atoms with Crippen molar-refractivity contribution in [3.8, 4) is 5.88 Å². The van der Waals surface area contributed by atoms with Gasteiger partial charge in [0.1, 0.15) is 0 Å². The first-order valence-corrected chi connectivity index (χ1v) is 4.85. The highest BCUT2D eigenvalue weighted by molar-refractivity contribution is 5.83. The number of hydrogen-bond acceptors (Lipinski definition) is 4. The summed E-state index contributed by atoms with van der Waals surface area (Å²) in [6.45, 7) is 0.745. The lowest BCUT2D eigenvalue weighted by Gasteiger charge is -2.02. The van der Waals surface area contributed by atoms with Crippen molar-refractivity contribution in [2.24, 2.45) is 0 Å². The number of aliphatic hydroxyl groups is 1. The van der Waals surface area contributed by atoms with Crippen LogP contribution in [0.15, 0.2) is 24.3 Å². The molecular weight excluding hydrogens is 194 g/mol. The SMILES string of the molecule is OCCCNOc1n[nH]c2ccccc12. The number of fused-ring (bicyclic) bond motifs is 1. The lowest BCUT2D eigenvalue weighted by molar-refractivity contribution is 0.175. The Morgan fingerprint density at radius 1 is 1.40 bits per heavy atom. The van der Waals surface area contributed by atoms with Crippen LogP contribution >= 0.6 is 0 Å². The Labute approximate surface area is 87.0 Å². The highest BCUT2D eigenvalue weighted by atomic mass is 16.7. The predicted octanol–water partition coefficient (Wildman–Crippen LogP) is 0.829. The summed E-state index contributed by atoms with van der Waals surface area (Å²) in [5, 5.41) is 16.4. The average molecular weight is 207 g/mol. The van der Waals surface area contributed by atoms with E-state index >= 15 is 0 Å². The summed E-state index contributed by atoms with van der Waals surface area (Å²) in [6.07, 6.45) is 0.655. The van der Waals surface area contributed by atoms with E-state index in [1.54, 1.807) is 0 Å². The molecular formula is C10H13N3O2. The van der Waals surface area contributed by atoms with E-state index in [0.29, 0.717) is 18.8 Å². The molecule has 80 valence electrons. The molecule has 0 unspecified atom stereocenters. The van der Waals surface area contributed by atoms with Gasteiger partial charge in [-0.15, -0.1) is 5.10 Å². The van der Waals surface area contributed by atoms with Crippen molar-refractivity contribution in [1.29, 1.82) is 0 Å². The Bertz CT molecular complexity index is 427. The maximum Gasteiger partial charge on any atom is 0.263 e. The topological polar surface area (TPSA) is 70.2 Å². The monoisotopic (exact) mass is 207 g/mol. The predicted molar refractivity (Wildman–Crippen MR) is 56.4 cm³/mol. The molecule has 2 aromatic rings. The van der Waals surface area contributed by atoms with Gasteiger partial charge >= 0.3 is 0 Å². The first kappa shape index (κ1) is 9.95. The zero-order valence-corrected chi connectivity index (χ0v) is 8.23. The maximum absolute atomic E-state index is 8.58. The summed E-state index contributed by atoms with van der Waals surface area (Å²) in [4.78, 5) is 5.26. The summed E-state index contributed by atoms with van der Waals surface area (Å²) in [7, 11) is 0. The van der Waals surface area contributed by atoms with Crippen LogP contribution in [0.1, 0.15) is 6.42 Å². The van der Waals surface area contributed by atoms with Crippen LogP contribution < -0.4 is 10.3 Å². The molecule has 0 bridgehead atoms. The number of aromatic amines is 1. The molecule has 0 spiro atoms. The number of rotatable bonds is 5. The smallest absolute Gasteiger partial charge is 0.263 e. The van der Waals surface area contributed by atoms with Crippen LogP contribution in [-0.4, -0.2) is 28.5 Å². The summed E-state index contributed by atoms with van der Waals surface area (Å²) >= 11 is 0. The first-order chi connectivity index (χ1) is 7.42. The van der Waals surface area contributed by atoms with Gasteiger partial charge in [0.2, 0.25) is 0 Å². The Morgan fingerprint density at radius 3 is 3.13 bits per heavy atom. The molecule has 1 aromatic heterocycles. The third-order valence-corrected chi connectivity index (χ3v) is 2.04. The van der Waals surface area contributed by atoms with E-state index in [1.165, 1.54) is 0 Å².